The summed E-state index contributed by atoms with van der Waals surface area (Å²) in [6.45, 7) is 1.85. The zero-order chi connectivity index (χ0) is 6.41. The molecule has 0 spiro atoms. The average Bonchev–Trinajstić information content (AvgIpc) is 2.24. The van der Waals surface area contributed by atoms with Gasteiger partial charge in [0.2, 0.25) is 0 Å². The molecule has 1 heterocycles. The van der Waals surface area contributed by atoms with E-state index in [1.165, 1.54) is 6.33 Å². The van der Waals surface area contributed by atoms with Crippen LogP contribution in [0, 0.1) is 6.92 Å². The Hall–Kier alpha value is -0.550. The maximum Gasteiger partial charge on any atom is 0.137 e. The van der Waals surface area contributed by atoms with Crippen molar-refractivity contribution in [1.82, 2.24) is 15.2 Å². The number of aromatic amines is 1. The molecule has 0 amide bonds. The standard InChI is InChI=1S/C3H5N3.H2OS/c1-3-4-2-5-6-3;1-2/h2H,1H3,(H,4,5,6);1-2H. The van der Waals surface area contributed by atoms with E-state index in [0.717, 1.165) is 5.82 Å². The first-order valence-corrected chi connectivity index (χ1v) is 2.31. The lowest BCUT2D eigenvalue weighted by Gasteiger charge is -1.66. The summed E-state index contributed by atoms with van der Waals surface area (Å²) >= 11 is 2.53. The predicted molar refractivity (Wildman–Crippen MR) is 32.7 cm³/mol. The second-order valence-electron chi connectivity index (χ2n) is 1.07. The van der Waals surface area contributed by atoms with Crippen LogP contribution in [0.5, 0.6) is 0 Å². The quantitative estimate of drug-likeness (QED) is 0.357. The van der Waals surface area contributed by atoms with Gasteiger partial charge >= 0.3 is 0 Å². The van der Waals surface area contributed by atoms with Crippen LogP contribution in [-0.4, -0.2) is 19.7 Å². The lowest BCUT2D eigenvalue weighted by molar-refractivity contribution is 0.679. The van der Waals surface area contributed by atoms with Gasteiger partial charge in [-0.3, -0.25) is 5.10 Å². The van der Waals surface area contributed by atoms with Crippen LogP contribution < -0.4 is 0 Å². The molecule has 0 bridgehead atoms. The van der Waals surface area contributed by atoms with Crippen LogP contribution in [0.4, 0.5) is 0 Å². The number of aromatic nitrogens is 3. The molecule has 0 aliphatic heterocycles. The zero-order valence-corrected chi connectivity index (χ0v) is 5.26. The van der Waals surface area contributed by atoms with Crippen LogP contribution >= 0.6 is 12.9 Å². The number of H-pyrrole nitrogens is 1. The van der Waals surface area contributed by atoms with Crippen LogP contribution in [0.15, 0.2) is 6.33 Å². The average molecular weight is 133 g/mol. The fourth-order valence-electron chi connectivity index (χ4n) is 0.267. The third kappa shape index (κ3) is 2.59. The molecule has 2 N–H and O–H groups in total. The Morgan fingerprint density at radius 1 is 1.75 bits per heavy atom. The summed E-state index contributed by atoms with van der Waals surface area (Å²) in [5, 5.41) is 6.22. The van der Waals surface area contributed by atoms with E-state index in [2.05, 4.69) is 28.1 Å². The van der Waals surface area contributed by atoms with Crippen LogP contribution in [0.25, 0.3) is 0 Å². The van der Waals surface area contributed by atoms with E-state index < -0.39 is 0 Å². The number of aryl methyl sites for hydroxylation is 1. The number of nitrogens with one attached hydrogen (secondary N) is 1. The molecule has 0 radical (unpaired) electrons. The van der Waals surface area contributed by atoms with Gasteiger partial charge in [-0.25, -0.2) is 4.98 Å². The van der Waals surface area contributed by atoms with E-state index in [0.29, 0.717) is 0 Å². The summed E-state index contributed by atoms with van der Waals surface area (Å²) in [5.74, 6) is 0.856. The van der Waals surface area contributed by atoms with Gasteiger partial charge in [0, 0.05) is 0 Å². The molecule has 5 heteroatoms. The highest BCUT2D eigenvalue weighted by atomic mass is 32.1. The van der Waals surface area contributed by atoms with E-state index in [1.54, 1.807) is 0 Å². The largest absolute Gasteiger partial charge is 0.333 e. The minimum Gasteiger partial charge on any atom is -0.333 e. The first-order valence-electron chi connectivity index (χ1n) is 1.91. The second kappa shape index (κ2) is 4.61. The fourth-order valence-corrected chi connectivity index (χ4v) is 0.267. The topological polar surface area (TPSA) is 61.8 Å². The Morgan fingerprint density at radius 2 is 2.38 bits per heavy atom. The minimum absolute atomic E-state index is 0.856. The number of rotatable bonds is 0. The van der Waals surface area contributed by atoms with Gasteiger partial charge in [-0.15, -0.1) is 0 Å². The highest BCUT2D eigenvalue weighted by Crippen LogP contribution is 1.73. The maximum absolute atomic E-state index is 6.69. The van der Waals surface area contributed by atoms with E-state index in [4.69, 9.17) is 4.55 Å². The number of nitrogens with zero attached hydrogens (tertiary/aromatic N) is 2. The Balaban J connectivity index is 0.000000222. The molecule has 1 rings (SSSR count). The fraction of sp³-hybridized carbons (Fsp3) is 0.333. The van der Waals surface area contributed by atoms with Crippen molar-refractivity contribution in [3.05, 3.63) is 12.2 Å². The summed E-state index contributed by atoms with van der Waals surface area (Å²) in [6.07, 6.45) is 1.48. The molecule has 0 saturated heterocycles. The number of hydrogen-bond acceptors (Lipinski definition) is 4. The molecule has 4 nitrogen and oxygen atoms in total. The predicted octanol–water partition coefficient (Wildman–Crippen LogP) is 0.502. The van der Waals surface area contributed by atoms with Crippen LogP contribution in [-0.2, 0) is 0 Å². The summed E-state index contributed by atoms with van der Waals surface area (Å²) < 4.78 is 6.69. The summed E-state index contributed by atoms with van der Waals surface area (Å²) in [6, 6.07) is 0. The van der Waals surface area contributed by atoms with Crippen molar-refractivity contribution in [3.8, 4) is 0 Å². The molecular weight excluding hydrogens is 126 g/mol. The highest BCUT2D eigenvalue weighted by Gasteiger charge is 1.75. The number of hydrogen-bond donors (Lipinski definition) is 3. The maximum atomic E-state index is 6.69. The molecule has 46 valence electrons. The molecule has 1 aromatic rings. The summed E-state index contributed by atoms with van der Waals surface area (Å²) in [7, 11) is 0. The second-order valence-corrected chi connectivity index (χ2v) is 1.07. The molecule has 8 heavy (non-hydrogen) atoms. The smallest absolute Gasteiger partial charge is 0.137 e. The van der Waals surface area contributed by atoms with Gasteiger partial charge in [-0.05, 0) is 19.8 Å². The third-order valence-corrected chi connectivity index (χ3v) is 0.535. The van der Waals surface area contributed by atoms with E-state index in [-0.39, 0.29) is 0 Å². The molecular formula is C3H7N3OS. The lowest BCUT2D eigenvalue weighted by atomic mass is 10.8. The van der Waals surface area contributed by atoms with Gasteiger partial charge < -0.3 is 4.55 Å². The normalized spacial score (nSPS) is 7.38. The summed E-state index contributed by atoms with van der Waals surface area (Å²) in [4.78, 5) is 3.75. The molecule has 0 unspecified atom stereocenters. The van der Waals surface area contributed by atoms with Gasteiger partial charge in [0.25, 0.3) is 0 Å². The van der Waals surface area contributed by atoms with Crippen LogP contribution in [0.2, 0.25) is 0 Å². The van der Waals surface area contributed by atoms with E-state index in [9.17, 15) is 0 Å². The monoisotopic (exact) mass is 133 g/mol. The van der Waals surface area contributed by atoms with E-state index in [1.807, 2.05) is 6.92 Å². The first-order chi connectivity index (χ1) is 3.89. The van der Waals surface area contributed by atoms with Crippen molar-refractivity contribution >= 4 is 12.9 Å². The van der Waals surface area contributed by atoms with Gasteiger partial charge in [0.15, 0.2) is 0 Å². The Morgan fingerprint density at radius 3 is 2.50 bits per heavy atom. The zero-order valence-electron chi connectivity index (χ0n) is 4.37. The van der Waals surface area contributed by atoms with Crippen molar-refractivity contribution in [2.45, 2.75) is 6.92 Å². The molecule has 0 aliphatic rings. The molecule has 0 aromatic carbocycles. The van der Waals surface area contributed by atoms with E-state index >= 15 is 0 Å². The molecule has 1 aromatic heterocycles. The minimum atomic E-state index is 0.856. The van der Waals surface area contributed by atoms with Gasteiger partial charge in [0.05, 0.1) is 0 Å². The van der Waals surface area contributed by atoms with Gasteiger partial charge in [-0.1, -0.05) is 0 Å². The van der Waals surface area contributed by atoms with Gasteiger partial charge in [0.1, 0.15) is 12.2 Å². The Kier molecular flexibility index (Phi) is 4.29. The molecule has 0 saturated carbocycles. The van der Waals surface area contributed by atoms with Crippen LogP contribution in [0.1, 0.15) is 5.82 Å². The molecule has 0 fully saturated rings. The molecule has 0 atom stereocenters. The van der Waals surface area contributed by atoms with Crippen molar-refractivity contribution in [2.75, 3.05) is 0 Å². The van der Waals surface area contributed by atoms with Crippen molar-refractivity contribution in [2.24, 2.45) is 0 Å². The van der Waals surface area contributed by atoms with Crippen LogP contribution in [0.3, 0.4) is 0 Å². The first kappa shape index (κ1) is 7.45. The lowest BCUT2D eigenvalue weighted by Crippen LogP contribution is -1.68. The van der Waals surface area contributed by atoms with Crippen molar-refractivity contribution < 1.29 is 4.55 Å². The third-order valence-electron chi connectivity index (χ3n) is 0.535. The van der Waals surface area contributed by atoms with Crippen molar-refractivity contribution in [3.63, 3.8) is 0 Å². The summed E-state index contributed by atoms with van der Waals surface area (Å²) in [5.41, 5.74) is 0. The SMILES string of the molecule is Cc1ncn[nH]1.OS. The Bertz CT molecular complexity index is 118. The highest BCUT2D eigenvalue weighted by molar-refractivity contribution is 7.74. The Labute approximate surface area is 52.6 Å². The van der Waals surface area contributed by atoms with Gasteiger partial charge in [-0.2, -0.15) is 5.10 Å². The van der Waals surface area contributed by atoms with Crippen molar-refractivity contribution in [1.29, 1.82) is 0 Å². The number of thiol groups is 1. The molecule has 0 aliphatic carbocycles.